The normalized spacial score (nSPS) is 15.3. The molecule has 0 saturated carbocycles. The number of nitrogens with one attached hydrogen (secondary N) is 1. The van der Waals surface area contributed by atoms with Crippen molar-refractivity contribution in [2.45, 2.75) is 18.6 Å². The number of amides is 1. The fourth-order valence-corrected chi connectivity index (χ4v) is 3.43. The van der Waals surface area contributed by atoms with Crippen LogP contribution in [-0.4, -0.2) is 52.2 Å². The highest BCUT2D eigenvalue weighted by Gasteiger charge is 2.35. The van der Waals surface area contributed by atoms with Crippen LogP contribution in [0.1, 0.15) is 16.1 Å². The summed E-state index contributed by atoms with van der Waals surface area (Å²) in [6, 6.07) is 16.3. The Morgan fingerprint density at radius 1 is 1.18 bits per heavy atom. The summed E-state index contributed by atoms with van der Waals surface area (Å²) in [6.45, 7) is 0.513. The van der Waals surface area contributed by atoms with Gasteiger partial charge in [0.25, 0.3) is 5.91 Å². The van der Waals surface area contributed by atoms with Gasteiger partial charge in [0.05, 0.1) is 6.10 Å². The van der Waals surface area contributed by atoms with E-state index in [1.165, 1.54) is 4.90 Å². The second-order valence-corrected chi connectivity index (χ2v) is 7.33. The van der Waals surface area contributed by atoms with E-state index in [2.05, 4.69) is 4.98 Å². The van der Waals surface area contributed by atoms with E-state index in [-0.39, 0.29) is 31.1 Å². The zero-order chi connectivity index (χ0) is 19.7. The summed E-state index contributed by atoms with van der Waals surface area (Å²) in [6.07, 6.45) is -1.21. The number of halogens is 1. The minimum Gasteiger partial charge on any atom is -0.447 e. The summed E-state index contributed by atoms with van der Waals surface area (Å²) in [5.74, 6) is -0.913. The monoisotopic (exact) mass is 398 g/mol. The van der Waals surface area contributed by atoms with Crippen molar-refractivity contribution in [2.75, 3.05) is 13.1 Å². The highest BCUT2D eigenvalue weighted by Crippen LogP contribution is 2.22. The molecule has 7 heteroatoms. The number of esters is 1. The van der Waals surface area contributed by atoms with Gasteiger partial charge in [-0.05, 0) is 29.8 Å². The molecule has 1 aromatic heterocycles. The number of rotatable bonds is 5. The van der Waals surface area contributed by atoms with Crippen LogP contribution in [0, 0.1) is 0 Å². The number of aromatic nitrogens is 1. The maximum Gasteiger partial charge on any atom is 0.355 e. The van der Waals surface area contributed by atoms with Gasteiger partial charge in [0.15, 0.2) is 6.10 Å². The third-order valence-electron chi connectivity index (χ3n) is 4.77. The minimum absolute atomic E-state index is 0.256. The van der Waals surface area contributed by atoms with Gasteiger partial charge in [0, 0.05) is 35.4 Å². The zero-order valence-corrected chi connectivity index (χ0v) is 15.7. The van der Waals surface area contributed by atoms with E-state index in [9.17, 15) is 14.7 Å². The SMILES string of the molecule is O=C(O[C@@H](Cc1ccccc1)C(=O)N1CC(O)C1)c1cc2cc(Cl)ccc2[nH]1. The maximum atomic E-state index is 12.8. The van der Waals surface area contributed by atoms with E-state index >= 15 is 0 Å². The largest absolute Gasteiger partial charge is 0.447 e. The van der Waals surface area contributed by atoms with Crippen molar-refractivity contribution in [2.24, 2.45) is 0 Å². The molecule has 1 fully saturated rings. The van der Waals surface area contributed by atoms with E-state index in [4.69, 9.17) is 16.3 Å². The lowest BCUT2D eigenvalue weighted by molar-refractivity contribution is -0.150. The van der Waals surface area contributed by atoms with Crippen molar-refractivity contribution in [3.63, 3.8) is 0 Å². The molecule has 144 valence electrons. The van der Waals surface area contributed by atoms with Gasteiger partial charge in [0.2, 0.25) is 0 Å². The Bertz CT molecular complexity index is 1010. The first-order chi connectivity index (χ1) is 13.5. The number of aliphatic hydroxyl groups is 1. The number of aromatic amines is 1. The van der Waals surface area contributed by atoms with Crippen molar-refractivity contribution in [1.29, 1.82) is 0 Å². The third kappa shape index (κ3) is 3.88. The van der Waals surface area contributed by atoms with Crippen LogP contribution in [0.5, 0.6) is 0 Å². The molecule has 4 rings (SSSR count). The molecule has 3 aromatic rings. The molecule has 28 heavy (non-hydrogen) atoms. The average molecular weight is 399 g/mol. The van der Waals surface area contributed by atoms with Crippen molar-refractivity contribution in [3.05, 3.63) is 70.9 Å². The average Bonchev–Trinajstić information content (AvgIpc) is 3.08. The lowest BCUT2D eigenvalue weighted by atomic mass is 10.0. The second-order valence-electron chi connectivity index (χ2n) is 6.90. The fraction of sp³-hybridized carbons (Fsp3) is 0.238. The van der Waals surface area contributed by atoms with Crippen molar-refractivity contribution in [3.8, 4) is 0 Å². The number of likely N-dealkylation sites (tertiary alicyclic amines) is 1. The number of hydrogen-bond donors (Lipinski definition) is 2. The molecule has 2 aromatic carbocycles. The standard InChI is InChI=1S/C21H19ClN2O4/c22-15-6-7-17-14(9-15)10-18(23-17)21(27)28-19(8-13-4-2-1-3-5-13)20(26)24-11-16(25)12-24/h1-7,9-10,16,19,23,25H,8,11-12H2/t19-/m0/s1. The minimum atomic E-state index is -0.961. The van der Waals surface area contributed by atoms with Gasteiger partial charge < -0.3 is 19.7 Å². The Hall–Kier alpha value is -2.83. The number of benzene rings is 2. The van der Waals surface area contributed by atoms with E-state index in [0.717, 1.165) is 16.5 Å². The van der Waals surface area contributed by atoms with Crippen molar-refractivity contribution >= 4 is 34.4 Å². The number of ether oxygens (including phenoxy) is 1. The predicted molar refractivity (Wildman–Crippen MR) is 105 cm³/mol. The summed E-state index contributed by atoms with van der Waals surface area (Å²) in [5, 5.41) is 10.8. The van der Waals surface area contributed by atoms with Crippen molar-refractivity contribution < 1.29 is 19.4 Å². The van der Waals surface area contributed by atoms with E-state index in [0.29, 0.717) is 5.02 Å². The van der Waals surface area contributed by atoms with E-state index in [1.54, 1.807) is 24.3 Å². The van der Waals surface area contributed by atoms with Gasteiger partial charge in [-0.25, -0.2) is 4.79 Å². The molecular weight excluding hydrogens is 380 g/mol. The Morgan fingerprint density at radius 2 is 1.93 bits per heavy atom. The topological polar surface area (TPSA) is 82.6 Å². The highest BCUT2D eigenvalue weighted by atomic mass is 35.5. The molecule has 0 unspecified atom stereocenters. The number of carbonyl (C=O) groups excluding carboxylic acids is 2. The summed E-state index contributed by atoms with van der Waals surface area (Å²) < 4.78 is 5.58. The number of hydrogen-bond acceptors (Lipinski definition) is 4. The molecule has 0 aliphatic carbocycles. The fourth-order valence-electron chi connectivity index (χ4n) is 3.25. The van der Waals surface area contributed by atoms with Crippen LogP contribution in [0.25, 0.3) is 10.9 Å². The molecule has 6 nitrogen and oxygen atoms in total. The summed E-state index contributed by atoms with van der Waals surface area (Å²) in [5.41, 5.74) is 1.90. The first kappa shape index (κ1) is 18.5. The molecule has 0 radical (unpaired) electrons. The zero-order valence-electron chi connectivity index (χ0n) is 15.0. The quantitative estimate of drug-likeness (QED) is 0.647. The van der Waals surface area contributed by atoms with Crippen LogP contribution >= 0.6 is 11.6 Å². The number of fused-ring (bicyclic) bond motifs is 1. The Morgan fingerprint density at radius 3 is 2.64 bits per heavy atom. The molecule has 1 atom stereocenters. The molecule has 0 bridgehead atoms. The van der Waals surface area contributed by atoms with Gasteiger partial charge in [-0.3, -0.25) is 4.79 Å². The predicted octanol–water partition coefficient (Wildman–Crippen LogP) is 2.79. The van der Waals surface area contributed by atoms with Crippen LogP contribution in [0.15, 0.2) is 54.6 Å². The highest BCUT2D eigenvalue weighted by molar-refractivity contribution is 6.31. The molecule has 0 spiro atoms. The van der Waals surface area contributed by atoms with Gasteiger partial charge in [-0.2, -0.15) is 0 Å². The van der Waals surface area contributed by atoms with Crippen LogP contribution in [0.3, 0.4) is 0 Å². The summed E-state index contributed by atoms with van der Waals surface area (Å²) >= 11 is 5.99. The van der Waals surface area contributed by atoms with Crippen LogP contribution in [0.2, 0.25) is 5.02 Å². The third-order valence-corrected chi connectivity index (χ3v) is 5.00. The smallest absolute Gasteiger partial charge is 0.355 e. The molecule has 1 saturated heterocycles. The van der Waals surface area contributed by atoms with Crippen LogP contribution < -0.4 is 0 Å². The molecule has 1 amide bonds. The molecular formula is C21H19ClN2O4. The van der Waals surface area contributed by atoms with Gasteiger partial charge in [-0.15, -0.1) is 0 Å². The number of nitrogens with zero attached hydrogens (tertiary/aromatic N) is 1. The first-order valence-electron chi connectivity index (χ1n) is 8.99. The lowest BCUT2D eigenvalue weighted by Crippen LogP contribution is -2.57. The number of carbonyl (C=O) groups is 2. The Balaban J connectivity index is 1.54. The molecule has 2 heterocycles. The molecule has 1 aliphatic heterocycles. The van der Waals surface area contributed by atoms with E-state index in [1.807, 2.05) is 30.3 Å². The Labute approximate surface area is 166 Å². The second kappa shape index (κ2) is 7.66. The number of β-amino-alcohol motifs (C(OH)–C–C–N with tert-alkyl or cyclic N) is 1. The molecule has 1 aliphatic rings. The maximum absolute atomic E-state index is 12.8. The van der Waals surface area contributed by atoms with Crippen molar-refractivity contribution in [1.82, 2.24) is 9.88 Å². The summed E-state index contributed by atoms with van der Waals surface area (Å²) in [4.78, 5) is 30.0. The number of aliphatic hydroxyl groups excluding tert-OH is 1. The van der Waals surface area contributed by atoms with Crippen LogP contribution in [0.4, 0.5) is 0 Å². The Kier molecular flexibility index (Phi) is 5.07. The number of H-pyrrole nitrogens is 1. The lowest BCUT2D eigenvalue weighted by Gasteiger charge is -2.37. The summed E-state index contributed by atoms with van der Waals surface area (Å²) in [7, 11) is 0. The first-order valence-corrected chi connectivity index (χ1v) is 9.37. The van der Waals surface area contributed by atoms with E-state index < -0.39 is 18.2 Å². The van der Waals surface area contributed by atoms with Gasteiger partial charge in [-0.1, -0.05) is 41.9 Å². The van der Waals surface area contributed by atoms with Gasteiger partial charge >= 0.3 is 5.97 Å². The van der Waals surface area contributed by atoms with Crippen LogP contribution in [-0.2, 0) is 16.0 Å². The van der Waals surface area contributed by atoms with Gasteiger partial charge in [0.1, 0.15) is 5.69 Å². The molecule has 2 N–H and O–H groups in total.